The summed E-state index contributed by atoms with van der Waals surface area (Å²) in [6.07, 6.45) is 0. The molecule has 2 aromatic rings. The Morgan fingerprint density at radius 2 is 1.68 bits per heavy atom. The molecule has 0 aromatic heterocycles. The number of amides is 1. The molecule has 0 unspecified atom stereocenters. The molecular formula is C16H15NO2. The summed E-state index contributed by atoms with van der Waals surface area (Å²) in [5, 5.41) is 2.81. The molecule has 3 heteroatoms. The van der Waals surface area contributed by atoms with Crippen LogP contribution in [0.25, 0.3) is 0 Å². The Kier molecular flexibility index (Phi) is 3.76. The van der Waals surface area contributed by atoms with Gasteiger partial charge in [0.15, 0.2) is 5.78 Å². The van der Waals surface area contributed by atoms with E-state index in [2.05, 4.69) is 5.32 Å². The van der Waals surface area contributed by atoms with E-state index in [-0.39, 0.29) is 11.7 Å². The van der Waals surface area contributed by atoms with Crippen molar-refractivity contribution in [1.82, 2.24) is 0 Å². The third-order valence-electron chi connectivity index (χ3n) is 2.90. The van der Waals surface area contributed by atoms with Crippen LogP contribution in [0, 0.1) is 6.92 Å². The quantitative estimate of drug-likeness (QED) is 0.851. The lowest BCUT2D eigenvalue weighted by Crippen LogP contribution is -2.12. The van der Waals surface area contributed by atoms with Crippen molar-refractivity contribution in [2.75, 3.05) is 5.32 Å². The first-order chi connectivity index (χ1) is 9.08. The van der Waals surface area contributed by atoms with Gasteiger partial charge in [0.2, 0.25) is 0 Å². The second kappa shape index (κ2) is 5.48. The van der Waals surface area contributed by atoms with Crippen LogP contribution in [0.1, 0.15) is 33.2 Å². The average Bonchev–Trinajstić information content (AvgIpc) is 2.39. The smallest absolute Gasteiger partial charge is 0.255 e. The summed E-state index contributed by atoms with van der Waals surface area (Å²) in [5.74, 6) is -0.131. The van der Waals surface area contributed by atoms with E-state index in [9.17, 15) is 9.59 Å². The van der Waals surface area contributed by atoms with Gasteiger partial charge in [0.25, 0.3) is 5.91 Å². The molecule has 2 aromatic carbocycles. The lowest BCUT2D eigenvalue weighted by atomic mass is 10.0. The van der Waals surface area contributed by atoms with Gasteiger partial charge in [0, 0.05) is 16.8 Å². The highest BCUT2D eigenvalue weighted by Gasteiger charge is 2.08. The van der Waals surface area contributed by atoms with Gasteiger partial charge in [0.05, 0.1) is 0 Å². The Bertz CT molecular complexity index is 618. The summed E-state index contributed by atoms with van der Waals surface area (Å²) in [6.45, 7) is 3.39. The molecule has 0 aliphatic carbocycles. The van der Waals surface area contributed by atoms with Gasteiger partial charge < -0.3 is 5.32 Å². The molecule has 0 aliphatic rings. The van der Waals surface area contributed by atoms with Gasteiger partial charge >= 0.3 is 0 Å². The Labute approximate surface area is 112 Å². The highest BCUT2D eigenvalue weighted by Crippen LogP contribution is 2.16. The van der Waals surface area contributed by atoms with Gasteiger partial charge in [-0.25, -0.2) is 0 Å². The molecule has 0 spiro atoms. The minimum absolute atomic E-state index is 0.0263. The Morgan fingerprint density at radius 1 is 1.00 bits per heavy atom. The maximum Gasteiger partial charge on any atom is 0.255 e. The van der Waals surface area contributed by atoms with E-state index in [1.165, 1.54) is 6.92 Å². The van der Waals surface area contributed by atoms with Crippen molar-refractivity contribution in [1.29, 1.82) is 0 Å². The molecular weight excluding hydrogens is 238 g/mol. The van der Waals surface area contributed by atoms with E-state index in [1.807, 2.05) is 25.1 Å². The highest BCUT2D eigenvalue weighted by molar-refractivity contribution is 6.04. The topological polar surface area (TPSA) is 46.2 Å². The van der Waals surface area contributed by atoms with Gasteiger partial charge in [-0.1, -0.05) is 18.2 Å². The zero-order valence-electron chi connectivity index (χ0n) is 10.9. The van der Waals surface area contributed by atoms with Crippen LogP contribution in [-0.2, 0) is 0 Å². The predicted molar refractivity (Wildman–Crippen MR) is 75.6 cm³/mol. The van der Waals surface area contributed by atoms with Crippen LogP contribution < -0.4 is 5.32 Å². The standard InChI is InChI=1S/C16H15NO2/c1-11-10-14(8-9-15(11)12(2)18)17-16(19)13-6-4-3-5-7-13/h3-10H,1-2H3,(H,17,19). The minimum atomic E-state index is -0.157. The molecule has 2 rings (SSSR count). The third-order valence-corrected chi connectivity index (χ3v) is 2.90. The van der Waals surface area contributed by atoms with Crippen molar-refractivity contribution in [3.8, 4) is 0 Å². The molecule has 1 amide bonds. The van der Waals surface area contributed by atoms with Crippen molar-refractivity contribution in [2.45, 2.75) is 13.8 Å². The molecule has 0 heterocycles. The number of rotatable bonds is 3. The maximum atomic E-state index is 12.0. The average molecular weight is 253 g/mol. The minimum Gasteiger partial charge on any atom is -0.322 e. The van der Waals surface area contributed by atoms with Crippen LogP contribution in [-0.4, -0.2) is 11.7 Å². The first kappa shape index (κ1) is 13.0. The molecule has 3 nitrogen and oxygen atoms in total. The first-order valence-corrected chi connectivity index (χ1v) is 6.06. The van der Waals surface area contributed by atoms with Gasteiger partial charge in [-0.2, -0.15) is 0 Å². The van der Waals surface area contributed by atoms with Crippen LogP contribution >= 0.6 is 0 Å². The van der Waals surface area contributed by atoms with Crippen molar-refractivity contribution >= 4 is 17.4 Å². The Balaban J connectivity index is 2.19. The number of nitrogens with one attached hydrogen (secondary N) is 1. The van der Waals surface area contributed by atoms with E-state index in [4.69, 9.17) is 0 Å². The number of anilines is 1. The summed E-state index contributed by atoms with van der Waals surface area (Å²) in [4.78, 5) is 23.3. The molecule has 0 radical (unpaired) electrons. The second-order valence-corrected chi connectivity index (χ2v) is 4.41. The summed E-state index contributed by atoms with van der Waals surface area (Å²) in [6, 6.07) is 14.3. The summed E-state index contributed by atoms with van der Waals surface area (Å²) in [5.41, 5.74) is 2.84. The van der Waals surface area contributed by atoms with Crippen LogP contribution in [0.5, 0.6) is 0 Å². The summed E-state index contributed by atoms with van der Waals surface area (Å²) in [7, 11) is 0. The van der Waals surface area contributed by atoms with Gasteiger partial charge in [-0.3, -0.25) is 9.59 Å². The zero-order valence-corrected chi connectivity index (χ0v) is 10.9. The van der Waals surface area contributed by atoms with Crippen molar-refractivity contribution in [2.24, 2.45) is 0 Å². The molecule has 96 valence electrons. The van der Waals surface area contributed by atoms with Gasteiger partial charge in [0.1, 0.15) is 0 Å². The summed E-state index contributed by atoms with van der Waals surface area (Å²) < 4.78 is 0. The van der Waals surface area contributed by atoms with Crippen molar-refractivity contribution in [3.63, 3.8) is 0 Å². The number of hydrogen-bond donors (Lipinski definition) is 1. The van der Waals surface area contributed by atoms with E-state index in [0.717, 1.165) is 5.56 Å². The number of benzene rings is 2. The normalized spacial score (nSPS) is 10.0. The van der Waals surface area contributed by atoms with Gasteiger partial charge in [-0.15, -0.1) is 0 Å². The van der Waals surface area contributed by atoms with Crippen LogP contribution in [0.15, 0.2) is 48.5 Å². The number of aryl methyl sites for hydroxylation is 1. The maximum absolute atomic E-state index is 12.0. The second-order valence-electron chi connectivity index (χ2n) is 4.41. The van der Waals surface area contributed by atoms with Crippen molar-refractivity contribution in [3.05, 3.63) is 65.2 Å². The van der Waals surface area contributed by atoms with E-state index in [0.29, 0.717) is 16.8 Å². The fourth-order valence-corrected chi connectivity index (χ4v) is 1.93. The van der Waals surface area contributed by atoms with Crippen LogP contribution in [0.4, 0.5) is 5.69 Å². The number of hydrogen-bond acceptors (Lipinski definition) is 2. The number of Topliss-reactive ketones (excluding diaryl/α,β-unsaturated/α-hetero) is 1. The van der Waals surface area contributed by atoms with E-state index in [1.54, 1.807) is 30.3 Å². The summed E-state index contributed by atoms with van der Waals surface area (Å²) >= 11 is 0. The van der Waals surface area contributed by atoms with Crippen molar-refractivity contribution < 1.29 is 9.59 Å². The molecule has 0 aliphatic heterocycles. The Hall–Kier alpha value is -2.42. The fraction of sp³-hybridized carbons (Fsp3) is 0.125. The van der Waals surface area contributed by atoms with Crippen LogP contribution in [0.3, 0.4) is 0 Å². The molecule has 0 fully saturated rings. The Morgan fingerprint density at radius 3 is 2.26 bits per heavy atom. The highest BCUT2D eigenvalue weighted by atomic mass is 16.1. The molecule has 19 heavy (non-hydrogen) atoms. The van der Waals surface area contributed by atoms with E-state index >= 15 is 0 Å². The van der Waals surface area contributed by atoms with E-state index < -0.39 is 0 Å². The monoisotopic (exact) mass is 253 g/mol. The van der Waals surface area contributed by atoms with Gasteiger partial charge in [-0.05, 0) is 49.7 Å². The van der Waals surface area contributed by atoms with Crippen LogP contribution in [0.2, 0.25) is 0 Å². The largest absolute Gasteiger partial charge is 0.322 e. The SMILES string of the molecule is CC(=O)c1ccc(NC(=O)c2ccccc2)cc1C. The molecule has 1 N–H and O–H groups in total. The lowest BCUT2D eigenvalue weighted by molar-refractivity contribution is 0.101. The zero-order chi connectivity index (χ0) is 13.8. The fourth-order valence-electron chi connectivity index (χ4n) is 1.93. The number of ketones is 1. The molecule has 0 bridgehead atoms. The molecule has 0 saturated carbocycles. The molecule has 0 saturated heterocycles. The first-order valence-electron chi connectivity index (χ1n) is 6.06. The number of carbonyl (C=O) groups is 2. The number of carbonyl (C=O) groups excluding carboxylic acids is 2. The molecule has 0 atom stereocenters. The predicted octanol–water partition coefficient (Wildman–Crippen LogP) is 3.45. The lowest BCUT2D eigenvalue weighted by Gasteiger charge is -2.08. The third kappa shape index (κ3) is 3.07.